The van der Waals surface area contributed by atoms with Gasteiger partial charge >= 0.3 is 0 Å². The molecule has 4 rings (SSSR count). The van der Waals surface area contributed by atoms with Crippen LogP contribution in [0.1, 0.15) is 51.3 Å². The maximum atomic E-state index is 9.12. The van der Waals surface area contributed by atoms with E-state index in [4.69, 9.17) is 24.5 Å². The topological polar surface area (TPSA) is 85.7 Å². The molecule has 0 spiro atoms. The van der Waals surface area contributed by atoms with Crippen LogP contribution in [0.4, 0.5) is 0 Å². The molecule has 0 amide bonds. The summed E-state index contributed by atoms with van der Waals surface area (Å²) in [6, 6.07) is 22.1. The SMILES string of the molecule is COc1cc(C)cc2c(-c3c(C[C@@H](C)N=[N+]=[N-])cc(OC(C)C)cc3OC(C)C)ccc(OCc3ccccc3)c12. The van der Waals surface area contributed by atoms with E-state index < -0.39 is 0 Å². The third-order valence-corrected chi connectivity index (χ3v) is 6.57. The Kier molecular flexibility index (Phi) is 9.64. The van der Waals surface area contributed by atoms with Gasteiger partial charge in [0.25, 0.3) is 0 Å². The zero-order valence-electron chi connectivity index (χ0n) is 25.0. The summed E-state index contributed by atoms with van der Waals surface area (Å²) >= 11 is 0. The van der Waals surface area contributed by atoms with Crippen molar-refractivity contribution in [1.82, 2.24) is 0 Å². The van der Waals surface area contributed by atoms with Crippen LogP contribution in [0, 0.1) is 6.92 Å². The van der Waals surface area contributed by atoms with Gasteiger partial charge in [0, 0.05) is 22.6 Å². The fourth-order valence-corrected chi connectivity index (χ4v) is 5.03. The molecule has 0 aliphatic heterocycles. The van der Waals surface area contributed by atoms with Gasteiger partial charge in [0.1, 0.15) is 29.6 Å². The molecule has 0 N–H and O–H groups in total. The van der Waals surface area contributed by atoms with E-state index in [1.165, 1.54) is 0 Å². The standard InChI is InChI=1S/C34H39N3O4/c1-21(2)40-27-18-26(17-24(6)36-37-35)33(32(19-27)41-22(3)4)28-13-14-30(39-20-25-11-9-8-10-12-25)34-29(28)15-23(5)16-31(34)38-7/h8-16,18-19,21-22,24H,17,20H2,1-7H3/t24-/m1/s1. The number of hydrogen-bond donors (Lipinski definition) is 0. The second-order valence-electron chi connectivity index (χ2n) is 10.8. The predicted octanol–water partition coefficient (Wildman–Crippen LogP) is 9.22. The first-order valence-electron chi connectivity index (χ1n) is 14.0. The highest BCUT2D eigenvalue weighted by atomic mass is 16.5. The lowest BCUT2D eigenvalue weighted by atomic mass is 9.89. The lowest BCUT2D eigenvalue weighted by molar-refractivity contribution is 0.229. The zero-order valence-corrected chi connectivity index (χ0v) is 25.0. The number of methoxy groups -OCH3 is 1. The first kappa shape index (κ1) is 29.6. The third-order valence-electron chi connectivity index (χ3n) is 6.57. The van der Waals surface area contributed by atoms with Crippen molar-refractivity contribution in [3.63, 3.8) is 0 Å². The second kappa shape index (κ2) is 13.3. The van der Waals surface area contributed by atoms with Crippen molar-refractivity contribution in [2.24, 2.45) is 5.11 Å². The number of aryl methyl sites for hydroxylation is 1. The van der Waals surface area contributed by atoms with Crippen molar-refractivity contribution >= 4 is 10.8 Å². The number of azide groups is 1. The van der Waals surface area contributed by atoms with E-state index in [9.17, 15) is 0 Å². The maximum Gasteiger partial charge on any atom is 0.131 e. The van der Waals surface area contributed by atoms with E-state index in [1.54, 1.807) is 7.11 Å². The van der Waals surface area contributed by atoms with Gasteiger partial charge in [-0.2, -0.15) is 0 Å². The van der Waals surface area contributed by atoms with E-state index in [1.807, 2.05) is 89.2 Å². The average molecular weight is 554 g/mol. The number of fused-ring (bicyclic) bond motifs is 1. The lowest BCUT2D eigenvalue weighted by Gasteiger charge is -2.23. The Labute approximate surface area is 242 Å². The summed E-state index contributed by atoms with van der Waals surface area (Å²) in [5.41, 5.74) is 14.1. The molecule has 1 atom stereocenters. The van der Waals surface area contributed by atoms with Gasteiger partial charge in [-0.25, -0.2) is 0 Å². The lowest BCUT2D eigenvalue weighted by Crippen LogP contribution is -2.12. The van der Waals surface area contributed by atoms with Crippen molar-refractivity contribution in [3.8, 4) is 34.1 Å². The molecule has 0 radical (unpaired) electrons. The molecule has 0 fully saturated rings. The highest BCUT2D eigenvalue weighted by Gasteiger charge is 2.22. The van der Waals surface area contributed by atoms with Crippen LogP contribution < -0.4 is 18.9 Å². The van der Waals surface area contributed by atoms with E-state index >= 15 is 0 Å². The number of hydrogen-bond acceptors (Lipinski definition) is 5. The van der Waals surface area contributed by atoms with Gasteiger partial charge in [-0.1, -0.05) is 48.4 Å². The number of nitrogens with zero attached hydrogens (tertiary/aromatic N) is 3. The molecule has 7 heteroatoms. The summed E-state index contributed by atoms with van der Waals surface area (Å²) in [5.74, 6) is 2.89. The second-order valence-corrected chi connectivity index (χ2v) is 10.8. The molecule has 0 saturated heterocycles. The highest BCUT2D eigenvalue weighted by molar-refractivity contribution is 6.05. The molecule has 0 saturated carbocycles. The molecule has 0 bridgehead atoms. The van der Waals surface area contributed by atoms with Crippen LogP contribution >= 0.6 is 0 Å². The number of ether oxygens (including phenoxy) is 4. The Morgan fingerprint density at radius 2 is 1.56 bits per heavy atom. The minimum absolute atomic E-state index is 0.0102. The molecular weight excluding hydrogens is 514 g/mol. The van der Waals surface area contributed by atoms with E-state index in [2.05, 4.69) is 29.1 Å². The highest BCUT2D eigenvalue weighted by Crippen LogP contribution is 2.46. The summed E-state index contributed by atoms with van der Waals surface area (Å²) in [6.45, 7) is 12.4. The van der Waals surface area contributed by atoms with Crippen molar-refractivity contribution in [1.29, 1.82) is 0 Å². The summed E-state index contributed by atoms with van der Waals surface area (Å²) in [7, 11) is 1.68. The summed E-state index contributed by atoms with van der Waals surface area (Å²) in [6.07, 6.45) is 0.435. The fourth-order valence-electron chi connectivity index (χ4n) is 5.03. The van der Waals surface area contributed by atoms with Gasteiger partial charge in [-0.3, -0.25) is 0 Å². The van der Waals surface area contributed by atoms with Crippen molar-refractivity contribution in [3.05, 3.63) is 93.9 Å². The monoisotopic (exact) mass is 553 g/mol. The molecular formula is C34H39N3O4. The van der Waals surface area contributed by atoms with Crippen LogP contribution in [0.3, 0.4) is 0 Å². The van der Waals surface area contributed by atoms with Crippen LogP contribution in [0.5, 0.6) is 23.0 Å². The summed E-state index contributed by atoms with van der Waals surface area (Å²) in [5, 5.41) is 5.84. The molecule has 41 heavy (non-hydrogen) atoms. The normalized spacial score (nSPS) is 11.8. The summed E-state index contributed by atoms with van der Waals surface area (Å²) < 4.78 is 24.8. The molecule has 214 valence electrons. The van der Waals surface area contributed by atoms with E-state index in [0.717, 1.165) is 50.1 Å². The Bertz CT molecular complexity index is 1540. The summed E-state index contributed by atoms with van der Waals surface area (Å²) in [4.78, 5) is 3.05. The average Bonchev–Trinajstić information content (AvgIpc) is 2.91. The van der Waals surface area contributed by atoms with Gasteiger partial charge in [-0.05, 0) is 98.5 Å². The first-order chi connectivity index (χ1) is 19.7. The molecule has 0 aromatic heterocycles. The Balaban J connectivity index is 1.99. The molecule has 4 aromatic carbocycles. The van der Waals surface area contributed by atoms with Gasteiger partial charge in [0.05, 0.1) is 24.7 Å². The molecule has 7 nitrogen and oxygen atoms in total. The first-order valence-corrected chi connectivity index (χ1v) is 14.0. The number of rotatable bonds is 12. The van der Waals surface area contributed by atoms with Gasteiger partial charge in [0.15, 0.2) is 0 Å². The van der Waals surface area contributed by atoms with Crippen LogP contribution in [-0.4, -0.2) is 25.4 Å². The Morgan fingerprint density at radius 3 is 2.22 bits per heavy atom. The molecule has 0 aliphatic carbocycles. The number of benzene rings is 4. The van der Waals surface area contributed by atoms with Crippen molar-refractivity contribution in [2.45, 2.75) is 72.8 Å². The van der Waals surface area contributed by atoms with E-state index in [-0.39, 0.29) is 18.2 Å². The third kappa shape index (κ3) is 7.24. The smallest absolute Gasteiger partial charge is 0.131 e. The van der Waals surface area contributed by atoms with Crippen LogP contribution in [-0.2, 0) is 13.0 Å². The van der Waals surface area contributed by atoms with Gasteiger partial charge in [-0.15, -0.1) is 0 Å². The van der Waals surface area contributed by atoms with Crippen molar-refractivity contribution in [2.75, 3.05) is 7.11 Å². The Hall–Kier alpha value is -4.35. The minimum atomic E-state index is -0.268. The van der Waals surface area contributed by atoms with E-state index in [0.29, 0.717) is 24.5 Å². The predicted molar refractivity (Wildman–Crippen MR) is 165 cm³/mol. The maximum absolute atomic E-state index is 9.12. The van der Waals surface area contributed by atoms with Crippen LogP contribution in [0.25, 0.3) is 32.3 Å². The van der Waals surface area contributed by atoms with Gasteiger partial charge < -0.3 is 18.9 Å². The Morgan fingerprint density at radius 1 is 0.829 bits per heavy atom. The molecule has 0 unspecified atom stereocenters. The van der Waals surface area contributed by atoms with Crippen molar-refractivity contribution < 1.29 is 18.9 Å². The van der Waals surface area contributed by atoms with Gasteiger partial charge in [0.2, 0.25) is 0 Å². The zero-order chi connectivity index (χ0) is 29.5. The van der Waals surface area contributed by atoms with Crippen LogP contribution in [0.15, 0.2) is 71.8 Å². The molecule has 0 heterocycles. The fraction of sp³-hybridized carbons (Fsp3) is 0.353. The molecule has 0 aliphatic rings. The quantitative estimate of drug-likeness (QED) is 0.0994. The largest absolute Gasteiger partial charge is 0.496 e. The minimum Gasteiger partial charge on any atom is -0.496 e. The molecule has 4 aromatic rings. The van der Waals surface area contributed by atoms with Crippen LogP contribution in [0.2, 0.25) is 0 Å².